The minimum Gasteiger partial charge on any atom is -0.390 e. The zero-order valence-electron chi connectivity index (χ0n) is 8.61. The Morgan fingerprint density at radius 2 is 2.50 bits per heavy atom. The van der Waals surface area contributed by atoms with Gasteiger partial charge in [0, 0.05) is 17.7 Å². The van der Waals surface area contributed by atoms with Gasteiger partial charge in [0.1, 0.15) is 0 Å². The van der Waals surface area contributed by atoms with E-state index in [-0.39, 0.29) is 6.54 Å². The van der Waals surface area contributed by atoms with Crippen molar-refractivity contribution in [3.8, 4) is 0 Å². The first-order chi connectivity index (χ1) is 7.65. The highest BCUT2D eigenvalue weighted by Gasteiger charge is 2.22. The molecule has 1 saturated carbocycles. The van der Waals surface area contributed by atoms with Crippen molar-refractivity contribution in [2.75, 3.05) is 6.54 Å². The number of aromatic nitrogens is 3. The third-order valence-corrected chi connectivity index (χ3v) is 2.30. The fourth-order valence-electron chi connectivity index (χ4n) is 1.33. The van der Waals surface area contributed by atoms with Gasteiger partial charge in [-0.3, -0.25) is 0 Å². The van der Waals surface area contributed by atoms with Crippen molar-refractivity contribution < 1.29 is 10.0 Å². The molecule has 0 amide bonds. The Morgan fingerprint density at radius 1 is 1.75 bits per heavy atom. The fraction of sp³-hybridized carbons (Fsp3) is 0.750. The molecular formula is C8H13N5O3. The monoisotopic (exact) mass is 227 g/mol. The predicted octanol–water partition coefficient (Wildman–Crippen LogP) is -0.701. The molecule has 1 aliphatic carbocycles. The van der Waals surface area contributed by atoms with Gasteiger partial charge in [0.05, 0.1) is 12.6 Å². The number of hydrogen-bond acceptors (Lipinski definition) is 6. The lowest BCUT2D eigenvalue weighted by Crippen LogP contribution is -2.31. The van der Waals surface area contributed by atoms with Crippen LogP contribution in [0.15, 0.2) is 6.33 Å². The van der Waals surface area contributed by atoms with Crippen LogP contribution in [0.25, 0.3) is 0 Å². The van der Waals surface area contributed by atoms with Crippen molar-refractivity contribution in [1.82, 2.24) is 20.1 Å². The maximum atomic E-state index is 10.3. The summed E-state index contributed by atoms with van der Waals surface area (Å²) in [7, 11) is 0. The maximum Gasteiger partial charge on any atom is 0.490 e. The van der Waals surface area contributed by atoms with E-state index in [4.69, 9.17) is 0 Å². The normalized spacial score (nSPS) is 17.3. The summed E-state index contributed by atoms with van der Waals surface area (Å²) < 4.78 is 1.28. The topological polar surface area (TPSA) is 106 Å². The van der Waals surface area contributed by atoms with Gasteiger partial charge in [-0.15, -0.1) is 0 Å². The maximum absolute atomic E-state index is 10.3. The van der Waals surface area contributed by atoms with Gasteiger partial charge < -0.3 is 20.5 Å². The van der Waals surface area contributed by atoms with Crippen molar-refractivity contribution >= 4 is 5.95 Å². The van der Waals surface area contributed by atoms with E-state index >= 15 is 0 Å². The number of aliphatic hydroxyl groups is 1. The number of nitrogens with one attached hydrogen (secondary N) is 1. The molecule has 2 rings (SSSR count). The average molecular weight is 227 g/mol. The molecule has 1 heterocycles. The molecule has 1 unspecified atom stereocenters. The first-order valence-electron chi connectivity index (χ1n) is 5.10. The lowest BCUT2D eigenvalue weighted by Gasteiger charge is -2.08. The Kier molecular flexibility index (Phi) is 3.11. The van der Waals surface area contributed by atoms with Crippen LogP contribution in [0.3, 0.4) is 0 Å². The number of hydrogen-bond donors (Lipinski definition) is 2. The smallest absolute Gasteiger partial charge is 0.390 e. The van der Waals surface area contributed by atoms with Gasteiger partial charge in [-0.1, -0.05) is 4.98 Å². The van der Waals surface area contributed by atoms with Crippen molar-refractivity contribution in [2.24, 2.45) is 0 Å². The van der Waals surface area contributed by atoms with E-state index in [2.05, 4.69) is 15.4 Å². The highest BCUT2D eigenvalue weighted by Crippen LogP contribution is 2.18. The van der Waals surface area contributed by atoms with Gasteiger partial charge in [-0.2, -0.15) is 4.68 Å². The van der Waals surface area contributed by atoms with Gasteiger partial charge in [0.2, 0.25) is 6.33 Å². The van der Waals surface area contributed by atoms with Crippen molar-refractivity contribution in [2.45, 2.75) is 31.5 Å². The minimum absolute atomic E-state index is 0.209. The molecule has 2 N–H and O–H groups in total. The van der Waals surface area contributed by atoms with Gasteiger partial charge >= 0.3 is 5.95 Å². The minimum atomic E-state index is -0.661. The summed E-state index contributed by atoms with van der Waals surface area (Å²) in [4.78, 5) is 13.2. The second-order valence-corrected chi connectivity index (χ2v) is 3.86. The summed E-state index contributed by atoms with van der Waals surface area (Å²) in [5.74, 6) is -0.442. The summed E-state index contributed by atoms with van der Waals surface area (Å²) >= 11 is 0. The van der Waals surface area contributed by atoms with Crippen LogP contribution in [0, 0.1) is 10.1 Å². The predicted molar refractivity (Wildman–Crippen MR) is 53.7 cm³/mol. The second-order valence-electron chi connectivity index (χ2n) is 3.86. The molecule has 1 aliphatic rings. The Bertz CT molecular complexity index is 376. The quantitative estimate of drug-likeness (QED) is 0.491. The van der Waals surface area contributed by atoms with Crippen LogP contribution in [-0.2, 0) is 6.54 Å². The fourth-order valence-corrected chi connectivity index (χ4v) is 1.33. The second kappa shape index (κ2) is 4.54. The Balaban J connectivity index is 1.79. The van der Waals surface area contributed by atoms with Gasteiger partial charge in [-0.05, 0) is 17.8 Å². The van der Waals surface area contributed by atoms with Crippen LogP contribution in [0.5, 0.6) is 0 Å². The standard InChI is InChI=1S/C8H13N5O3/c14-7(3-9-6-1-2-6)4-12-5-10-8(11-12)13(15)16/h5-7,9,14H,1-4H2. The number of rotatable bonds is 6. The first-order valence-corrected chi connectivity index (χ1v) is 5.10. The summed E-state index contributed by atoms with van der Waals surface area (Å²) in [6, 6.07) is 0.528. The van der Waals surface area contributed by atoms with Gasteiger partial charge in [0.15, 0.2) is 0 Å². The highest BCUT2D eigenvalue weighted by molar-refractivity contribution is 4.97. The highest BCUT2D eigenvalue weighted by atomic mass is 16.6. The van der Waals surface area contributed by atoms with E-state index in [1.165, 1.54) is 11.0 Å². The number of nitro groups is 1. The summed E-state index contributed by atoms with van der Waals surface area (Å²) in [5.41, 5.74) is 0. The van der Waals surface area contributed by atoms with E-state index in [0.29, 0.717) is 12.6 Å². The Morgan fingerprint density at radius 3 is 3.06 bits per heavy atom. The molecule has 1 fully saturated rings. The van der Waals surface area contributed by atoms with Crippen LogP contribution in [0.2, 0.25) is 0 Å². The zero-order valence-corrected chi connectivity index (χ0v) is 8.61. The molecule has 88 valence electrons. The molecule has 0 saturated heterocycles. The lowest BCUT2D eigenvalue weighted by atomic mass is 10.3. The average Bonchev–Trinajstić information content (AvgIpc) is 2.95. The Labute approximate surface area is 91.4 Å². The molecule has 1 aromatic heterocycles. The molecule has 0 spiro atoms. The molecule has 8 heteroatoms. The molecule has 0 aliphatic heterocycles. The van der Waals surface area contributed by atoms with E-state index < -0.39 is 17.0 Å². The van der Waals surface area contributed by atoms with Crippen LogP contribution in [0.1, 0.15) is 12.8 Å². The van der Waals surface area contributed by atoms with Crippen LogP contribution in [0.4, 0.5) is 5.95 Å². The van der Waals surface area contributed by atoms with Crippen LogP contribution >= 0.6 is 0 Å². The third kappa shape index (κ3) is 2.97. The summed E-state index contributed by atoms with van der Waals surface area (Å²) in [6.45, 7) is 0.679. The molecule has 0 bridgehead atoms. The molecule has 1 aromatic rings. The zero-order chi connectivity index (χ0) is 11.5. The van der Waals surface area contributed by atoms with E-state index in [9.17, 15) is 15.2 Å². The van der Waals surface area contributed by atoms with Crippen molar-refractivity contribution in [3.63, 3.8) is 0 Å². The van der Waals surface area contributed by atoms with Gasteiger partial charge in [0.25, 0.3) is 0 Å². The molecular weight excluding hydrogens is 214 g/mol. The van der Waals surface area contributed by atoms with Gasteiger partial charge in [-0.25, -0.2) is 0 Å². The molecule has 0 radical (unpaired) electrons. The van der Waals surface area contributed by atoms with Crippen molar-refractivity contribution in [3.05, 3.63) is 16.4 Å². The van der Waals surface area contributed by atoms with E-state index in [0.717, 1.165) is 12.8 Å². The SMILES string of the molecule is O=[N+]([O-])c1ncn(CC(O)CNC2CC2)n1. The Hall–Kier alpha value is -1.54. The molecule has 8 nitrogen and oxygen atoms in total. The first kappa shape index (κ1) is 11.0. The van der Waals surface area contributed by atoms with Crippen LogP contribution in [-0.4, -0.2) is 43.5 Å². The summed E-state index contributed by atoms with van der Waals surface area (Å²) in [6.07, 6.45) is 2.95. The number of aliphatic hydroxyl groups excluding tert-OH is 1. The summed E-state index contributed by atoms with van der Waals surface area (Å²) in [5, 5.41) is 26.7. The molecule has 1 atom stereocenters. The molecule has 0 aromatic carbocycles. The largest absolute Gasteiger partial charge is 0.490 e. The number of nitrogens with zero attached hydrogens (tertiary/aromatic N) is 4. The third-order valence-electron chi connectivity index (χ3n) is 2.30. The van der Waals surface area contributed by atoms with E-state index in [1.807, 2.05) is 0 Å². The van der Waals surface area contributed by atoms with Crippen molar-refractivity contribution in [1.29, 1.82) is 0 Å². The lowest BCUT2D eigenvalue weighted by molar-refractivity contribution is -0.394. The van der Waals surface area contributed by atoms with E-state index in [1.54, 1.807) is 0 Å². The van der Waals surface area contributed by atoms with Crippen LogP contribution < -0.4 is 5.32 Å². The molecule has 16 heavy (non-hydrogen) atoms.